The van der Waals surface area contributed by atoms with Crippen molar-refractivity contribution >= 4 is 28.8 Å². The zero-order valence-corrected chi connectivity index (χ0v) is 21.3. The fourth-order valence-corrected chi connectivity index (χ4v) is 4.20. The van der Waals surface area contributed by atoms with Gasteiger partial charge in [-0.15, -0.1) is 0 Å². The molecule has 0 saturated heterocycles. The number of fused-ring (bicyclic) bond motifs is 1. The third-order valence-electron chi connectivity index (χ3n) is 6.14. The SMILES string of the molecule is CCn1cc(/C=C(\NC(=O)c2ccccc2)C(=O)NCCc2ccc(OC)c(OC)c2)c2ccccc21. The number of ether oxygens (including phenoxy) is 2. The van der Waals surface area contributed by atoms with Gasteiger partial charge in [-0.25, -0.2) is 0 Å². The van der Waals surface area contributed by atoms with E-state index in [0.29, 0.717) is 30.0 Å². The molecule has 0 unspecified atom stereocenters. The molecule has 0 aliphatic heterocycles. The molecule has 2 amide bonds. The van der Waals surface area contributed by atoms with Crippen LogP contribution in [0.1, 0.15) is 28.4 Å². The Hall–Kier alpha value is -4.52. The highest BCUT2D eigenvalue weighted by Crippen LogP contribution is 2.27. The predicted molar refractivity (Wildman–Crippen MR) is 146 cm³/mol. The van der Waals surface area contributed by atoms with Crippen LogP contribution < -0.4 is 20.1 Å². The molecule has 190 valence electrons. The summed E-state index contributed by atoms with van der Waals surface area (Å²) in [4.78, 5) is 26.2. The lowest BCUT2D eigenvalue weighted by Crippen LogP contribution is -2.35. The first-order valence-electron chi connectivity index (χ1n) is 12.2. The zero-order valence-electron chi connectivity index (χ0n) is 21.3. The molecular weight excluding hydrogens is 466 g/mol. The number of nitrogens with one attached hydrogen (secondary N) is 2. The molecule has 0 fully saturated rings. The quantitative estimate of drug-likeness (QED) is 0.308. The van der Waals surface area contributed by atoms with Gasteiger partial charge in [-0.3, -0.25) is 9.59 Å². The molecule has 0 aliphatic carbocycles. The molecule has 37 heavy (non-hydrogen) atoms. The van der Waals surface area contributed by atoms with Crippen molar-refractivity contribution in [3.63, 3.8) is 0 Å². The maximum Gasteiger partial charge on any atom is 0.267 e. The highest BCUT2D eigenvalue weighted by Gasteiger charge is 2.16. The fraction of sp³-hybridized carbons (Fsp3) is 0.200. The largest absolute Gasteiger partial charge is 0.493 e. The third-order valence-corrected chi connectivity index (χ3v) is 6.14. The van der Waals surface area contributed by atoms with Crippen LogP contribution in [0.15, 0.2) is 84.7 Å². The van der Waals surface area contributed by atoms with E-state index in [4.69, 9.17) is 9.47 Å². The summed E-state index contributed by atoms with van der Waals surface area (Å²) in [5, 5.41) is 6.77. The van der Waals surface area contributed by atoms with Gasteiger partial charge < -0.3 is 24.7 Å². The molecule has 4 rings (SSSR count). The van der Waals surface area contributed by atoms with Gasteiger partial charge >= 0.3 is 0 Å². The summed E-state index contributed by atoms with van der Waals surface area (Å²) >= 11 is 0. The van der Waals surface area contributed by atoms with Gasteiger partial charge in [-0.1, -0.05) is 42.5 Å². The van der Waals surface area contributed by atoms with Crippen molar-refractivity contribution in [2.24, 2.45) is 0 Å². The Morgan fingerprint density at radius 2 is 1.65 bits per heavy atom. The van der Waals surface area contributed by atoms with Crippen molar-refractivity contribution in [1.29, 1.82) is 0 Å². The molecule has 0 radical (unpaired) electrons. The minimum Gasteiger partial charge on any atom is -0.493 e. The molecule has 4 aromatic rings. The van der Waals surface area contributed by atoms with Crippen LogP contribution in [0.4, 0.5) is 0 Å². The minimum absolute atomic E-state index is 0.181. The Labute approximate surface area is 216 Å². The predicted octanol–water partition coefficient (Wildman–Crippen LogP) is 4.81. The van der Waals surface area contributed by atoms with Gasteiger partial charge in [-0.2, -0.15) is 0 Å². The number of aromatic nitrogens is 1. The topological polar surface area (TPSA) is 81.6 Å². The van der Waals surface area contributed by atoms with Crippen molar-refractivity contribution in [2.45, 2.75) is 19.9 Å². The average molecular weight is 498 g/mol. The van der Waals surface area contributed by atoms with Crippen LogP contribution in [0.3, 0.4) is 0 Å². The monoisotopic (exact) mass is 497 g/mol. The standard InChI is InChI=1S/C30H31N3O4/c1-4-33-20-23(24-12-8-9-13-26(24)33)19-25(32-29(34)22-10-6-5-7-11-22)30(35)31-17-16-21-14-15-27(36-2)28(18-21)37-3/h5-15,18-20H,4,16-17H2,1-3H3,(H,31,35)(H,32,34)/b25-19-. The Bertz CT molecular complexity index is 1420. The van der Waals surface area contributed by atoms with Crippen LogP contribution in [0.25, 0.3) is 17.0 Å². The zero-order chi connectivity index (χ0) is 26.2. The molecule has 7 heteroatoms. The van der Waals surface area contributed by atoms with Gasteiger partial charge in [0.25, 0.3) is 11.8 Å². The molecule has 1 heterocycles. The van der Waals surface area contributed by atoms with E-state index in [1.54, 1.807) is 44.6 Å². The van der Waals surface area contributed by atoms with Crippen molar-refractivity contribution in [1.82, 2.24) is 15.2 Å². The highest BCUT2D eigenvalue weighted by molar-refractivity contribution is 6.06. The summed E-state index contributed by atoms with van der Waals surface area (Å²) in [5.41, 5.74) is 3.57. The number of carbonyl (C=O) groups is 2. The molecule has 0 spiro atoms. The summed E-state index contributed by atoms with van der Waals surface area (Å²) in [6.45, 7) is 3.24. The van der Waals surface area contributed by atoms with Gasteiger partial charge in [0.1, 0.15) is 5.70 Å². The number of aryl methyl sites for hydroxylation is 1. The van der Waals surface area contributed by atoms with E-state index in [1.165, 1.54) is 0 Å². The number of amides is 2. The van der Waals surface area contributed by atoms with Gasteiger partial charge in [0, 0.05) is 41.3 Å². The molecule has 2 N–H and O–H groups in total. The summed E-state index contributed by atoms with van der Waals surface area (Å²) in [7, 11) is 3.18. The second-order valence-corrected chi connectivity index (χ2v) is 8.46. The van der Waals surface area contributed by atoms with E-state index in [1.807, 2.05) is 54.7 Å². The summed E-state index contributed by atoms with van der Waals surface area (Å²) < 4.78 is 12.8. The Morgan fingerprint density at radius 1 is 0.919 bits per heavy atom. The van der Waals surface area contributed by atoms with Crippen molar-refractivity contribution in [3.05, 3.63) is 101 Å². The number of rotatable bonds is 10. The summed E-state index contributed by atoms with van der Waals surface area (Å²) in [5.74, 6) is 0.573. The maximum atomic E-state index is 13.3. The Kier molecular flexibility index (Phi) is 8.26. The van der Waals surface area contributed by atoms with Crippen LogP contribution >= 0.6 is 0 Å². The fourth-order valence-electron chi connectivity index (χ4n) is 4.20. The normalized spacial score (nSPS) is 11.3. The van der Waals surface area contributed by atoms with E-state index in [9.17, 15) is 9.59 Å². The van der Waals surface area contributed by atoms with E-state index in [-0.39, 0.29) is 17.5 Å². The third kappa shape index (κ3) is 6.01. The molecule has 0 bridgehead atoms. The number of para-hydroxylation sites is 1. The number of benzene rings is 3. The van der Waals surface area contributed by atoms with Gasteiger partial charge in [0.05, 0.1) is 14.2 Å². The summed E-state index contributed by atoms with van der Waals surface area (Å²) in [6, 6.07) is 22.5. The van der Waals surface area contributed by atoms with Crippen molar-refractivity contribution in [3.8, 4) is 11.5 Å². The maximum absolute atomic E-state index is 13.3. The van der Waals surface area contributed by atoms with Gasteiger partial charge in [0.15, 0.2) is 11.5 Å². The smallest absolute Gasteiger partial charge is 0.267 e. The van der Waals surface area contributed by atoms with Crippen molar-refractivity contribution < 1.29 is 19.1 Å². The first kappa shape index (κ1) is 25.6. The number of carbonyl (C=O) groups excluding carboxylic acids is 2. The molecule has 0 atom stereocenters. The molecule has 3 aromatic carbocycles. The van der Waals surface area contributed by atoms with Crippen LogP contribution in [0.5, 0.6) is 11.5 Å². The lowest BCUT2D eigenvalue weighted by molar-refractivity contribution is -0.117. The molecule has 1 aromatic heterocycles. The number of hydrogen-bond donors (Lipinski definition) is 2. The minimum atomic E-state index is -0.363. The Balaban J connectivity index is 1.57. The second kappa shape index (κ2) is 11.9. The number of hydrogen-bond acceptors (Lipinski definition) is 4. The molecule has 0 aliphatic rings. The summed E-state index contributed by atoms with van der Waals surface area (Å²) in [6.07, 6.45) is 4.32. The lowest BCUT2D eigenvalue weighted by Gasteiger charge is -2.12. The van der Waals surface area contributed by atoms with E-state index in [0.717, 1.165) is 28.6 Å². The molecular formula is C30H31N3O4. The molecule has 7 nitrogen and oxygen atoms in total. The van der Waals surface area contributed by atoms with E-state index < -0.39 is 0 Å². The van der Waals surface area contributed by atoms with Gasteiger partial charge in [-0.05, 0) is 55.3 Å². The van der Waals surface area contributed by atoms with E-state index >= 15 is 0 Å². The Morgan fingerprint density at radius 3 is 2.38 bits per heavy atom. The number of methoxy groups -OCH3 is 2. The van der Waals surface area contributed by atoms with Crippen LogP contribution in [-0.4, -0.2) is 37.1 Å². The number of nitrogens with zero attached hydrogens (tertiary/aromatic N) is 1. The van der Waals surface area contributed by atoms with Crippen LogP contribution in [0.2, 0.25) is 0 Å². The first-order chi connectivity index (χ1) is 18.0. The second-order valence-electron chi connectivity index (χ2n) is 8.46. The van der Waals surface area contributed by atoms with Crippen molar-refractivity contribution in [2.75, 3.05) is 20.8 Å². The lowest BCUT2D eigenvalue weighted by atomic mass is 10.1. The highest BCUT2D eigenvalue weighted by atomic mass is 16.5. The average Bonchev–Trinajstić information content (AvgIpc) is 3.30. The van der Waals surface area contributed by atoms with E-state index in [2.05, 4.69) is 22.1 Å². The molecule has 0 saturated carbocycles. The van der Waals surface area contributed by atoms with Crippen LogP contribution in [-0.2, 0) is 17.8 Å². The van der Waals surface area contributed by atoms with Crippen LogP contribution in [0, 0.1) is 0 Å². The first-order valence-corrected chi connectivity index (χ1v) is 12.2. The van der Waals surface area contributed by atoms with Gasteiger partial charge in [0.2, 0.25) is 0 Å².